The first-order valence-corrected chi connectivity index (χ1v) is 9.74. The fraction of sp³-hybridized carbons (Fsp3) is 0.200. The molecule has 19 heavy (non-hydrogen) atoms. The largest absolute Gasteiger partial charge is 0.314 e. The molecule has 0 unspecified atom stereocenters. The van der Waals surface area contributed by atoms with Gasteiger partial charge in [0.1, 0.15) is 7.14 Å². The minimum absolute atomic E-state index is 0.736. The van der Waals surface area contributed by atoms with Crippen LogP contribution in [0.5, 0.6) is 0 Å². The van der Waals surface area contributed by atoms with Gasteiger partial charge in [0.2, 0.25) is 0 Å². The van der Waals surface area contributed by atoms with Crippen molar-refractivity contribution in [2.75, 3.05) is 6.16 Å². The quantitative estimate of drug-likeness (QED) is 0.655. The van der Waals surface area contributed by atoms with Crippen LogP contribution in [0.1, 0.15) is 13.3 Å². The number of rotatable bonds is 2. The minimum Gasteiger partial charge on any atom is -0.314 e. The van der Waals surface area contributed by atoms with Gasteiger partial charge in [-0.3, -0.25) is 0 Å². The molecule has 3 rings (SSSR count). The maximum atomic E-state index is 13.5. The molecule has 0 radical (unpaired) electrons. The molecule has 0 saturated heterocycles. The molecule has 0 atom stereocenters. The zero-order valence-electron chi connectivity index (χ0n) is 10.5. The van der Waals surface area contributed by atoms with Crippen molar-refractivity contribution in [2.45, 2.75) is 13.3 Å². The summed E-state index contributed by atoms with van der Waals surface area (Å²) in [6, 6.07) is 12.2. The maximum Gasteiger partial charge on any atom is 0.144 e. The van der Waals surface area contributed by atoms with Gasteiger partial charge in [-0.25, -0.2) is 0 Å². The second-order valence-electron chi connectivity index (χ2n) is 4.79. The van der Waals surface area contributed by atoms with Gasteiger partial charge in [0.05, 0.1) is 0 Å². The van der Waals surface area contributed by atoms with Gasteiger partial charge in [-0.1, -0.05) is 50.9 Å². The normalized spacial score (nSPS) is 15.1. The van der Waals surface area contributed by atoms with E-state index in [2.05, 4.69) is 50.9 Å². The van der Waals surface area contributed by atoms with Crippen LogP contribution in [-0.2, 0) is 4.57 Å². The van der Waals surface area contributed by atoms with E-state index in [0.717, 1.165) is 43.3 Å². The fourth-order valence-corrected chi connectivity index (χ4v) is 7.06. The van der Waals surface area contributed by atoms with Crippen LogP contribution in [0, 0.1) is 0 Å². The lowest BCUT2D eigenvalue weighted by atomic mass is 10.1. The molecular weight excluding hydrogens is 387 g/mol. The number of hydrogen-bond donors (Lipinski definition) is 0. The molecule has 0 saturated carbocycles. The van der Waals surface area contributed by atoms with Gasteiger partial charge in [-0.05, 0) is 41.8 Å². The second kappa shape index (κ2) is 4.87. The summed E-state index contributed by atoms with van der Waals surface area (Å²) in [5.74, 6) is 0. The predicted octanol–water partition coefficient (Wildman–Crippen LogP) is 4.92. The van der Waals surface area contributed by atoms with E-state index in [1.807, 2.05) is 24.3 Å². The third-order valence-corrected chi connectivity index (χ3v) is 7.89. The van der Waals surface area contributed by atoms with E-state index in [-0.39, 0.29) is 0 Å². The SMILES string of the molecule is CCCP1(=O)c2cc(Br)ccc2-c2ccc(Br)cc21. The number of fused-ring (bicyclic) bond motifs is 3. The van der Waals surface area contributed by atoms with E-state index in [9.17, 15) is 4.57 Å². The van der Waals surface area contributed by atoms with Crippen molar-refractivity contribution in [1.82, 2.24) is 0 Å². The highest BCUT2D eigenvalue weighted by molar-refractivity contribution is 9.10. The van der Waals surface area contributed by atoms with Crippen molar-refractivity contribution in [1.29, 1.82) is 0 Å². The highest BCUT2D eigenvalue weighted by Gasteiger charge is 2.37. The Morgan fingerprint density at radius 3 is 1.84 bits per heavy atom. The van der Waals surface area contributed by atoms with Gasteiger partial charge in [-0.15, -0.1) is 0 Å². The van der Waals surface area contributed by atoms with Gasteiger partial charge in [-0.2, -0.15) is 0 Å². The average Bonchev–Trinajstić information content (AvgIpc) is 2.60. The van der Waals surface area contributed by atoms with Crippen LogP contribution < -0.4 is 10.6 Å². The van der Waals surface area contributed by atoms with Gasteiger partial charge in [0.25, 0.3) is 0 Å². The topological polar surface area (TPSA) is 17.1 Å². The second-order valence-corrected chi connectivity index (χ2v) is 9.51. The average molecular weight is 400 g/mol. The highest BCUT2D eigenvalue weighted by atomic mass is 79.9. The molecule has 0 bridgehead atoms. The van der Waals surface area contributed by atoms with Crippen LogP contribution >= 0.6 is 39.0 Å². The van der Waals surface area contributed by atoms with Crippen molar-refractivity contribution in [3.63, 3.8) is 0 Å². The molecule has 1 aliphatic rings. The molecule has 2 aromatic rings. The van der Waals surface area contributed by atoms with Crippen LogP contribution in [0.3, 0.4) is 0 Å². The number of benzene rings is 2. The molecular formula is C15H13Br2OP. The van der Waals surface area contributed by atoms with Crippen LogP contribution in [-0.4, -0.2) is 6.16 Å². The molecule has 98 valence electrons. The Bertz CT molecular complexity index is 654. The fourth-order valence-electron chi connectivity index (χ4n) is 2.75. The lowest BCUT2D eigenvalue weighted by molar-refractivity contribution is 0.586. The smallest absolute Gasteiger partial charge is 0.144 e. The Hall–Kier alpha value is -0.370. The standard InChI is InChI=1S/C15H13Br2OP/c1-2-7-19(18)14-8-10(16)3-5-12(14)13-6-4-11(17)9-15(13)19/h3-6,8-9H,2,7H2,1H3. The summed E-state index contributed by atoms with van der Waals surface area (Å²) in [7, 11) is -2.46. The molecule has 0 aliphatic carbocycles. The Morgan fingerprint density at radius 2 is 1.42 bits per heavy atom. The van der Waals surface area contributed by atoms with Crippen LogP contribution in [0.15, 0.2) is 45.3 Å². The van der Waals surface area contributed by atoms with Crippen molar-refractivity contribution < 1.29 is 4.57 Å². The Labute approximate surface area is 130 Å². The lowest BCUT2D eigenvalue weighted by Gasteiger charge is -2.14. The van der Waals surface area contributed by atoms with Crippen LogP contribution in [0.4, 0.5) is 0 Å². The van der Waals surface area contributed by atoms with E-state index < -0.39 is 7.14 Å². The van der Waals surface area contributed by atoms with Gasteiger partial charge in [0.15, 0.2) is 0 Å². The predicted molar refractivity (Wildman–Crippen MR) is 89.3 cm³/mol. The lowest BCUT2D eigenvalue weighted by Crippen LogP contribution is -2.12. The molecule has 0 spiro atoms. The number of halogens is 2. The maximum absolute atomic E-state index is 13.5. The van der Waals surface area contributed by atoms with Crippen molar-refractivity contribution in [3.8, 4) is 11.1 Å². The third-order valence-electron chi connectivity index (χ3n) is 3.53. The molecule has 1 heterocycles. The molecule has 2 aromatic carbocycles. The van der Waals surface area contributed by atoms with E-state index in [1.54, 1.807) is 0 Å². The first kappa shape index (κ1) is 13.6. The molecule has 1 nitrogen and oxygen atoms in total. The van der Waals surface area contributed by atoms with Crippen molar-refractivity contribution >= 4 is 49.6 Å². The van der Waals surface area contributed by atoms with E-state index in [4.69, 9.17) is 0 Å². The highest BCUT2D eigenvalue weighted by Crippen LogP contribution is 2.54. The van der Waals surface area contributed by atoms with Crippen molar-refractivity contribution in [2.24, 2.45) is 0 Å². The molecule has 4 heteroatoms. The zero-order chi connectivity index (χ0) is 13.6. The van der Waals surface area contributed by atoms with Gasteiger partial charge >= 0.3 is 0 Å². The molecule has 0 N–H and O–H groups in total. The molecule has 1 aliphatic heterocycles. The summed E-state index contributed by atoms with van der Waals surface area (Å²) in [6.07, 6.45) is 1.66. The number of hydrogen-bond acceptors (Lipinski definition) is 1. The summed E-state index contributed by atoms with van der Waals surface area (Å²) in [5, 5.41) is 2.02. The van der Waals surface area contributed by atoms with Crippen LogP contribution in [0.2, 0.25) is 0 Å². The summed E-state index contributed by atoms with van der Waals surface area (Å²) in [6.45, 7) is 2.09. The molecule has 0 amide bonds. The monoisotopic (exact) mass is 398 g/mol. The van der Waals surface area contributed by atoms with Gasteiger partial charge < -0.3 is 4.57 Å². The van der Waals surface area contributed by atoms with Gasteiger partial charge in [0, 0.05) is 25.7 Å². The Morgan fingerprint density at radius 1 is 0.947 bits per heavy atom. The third kappa shape index (κ3) is 2.07. The first-order chi connectivity index (χ1) is 9.06. The summed E-state index contributed by atoms with van der Waals surface area (Å²) >= 11 is 6.99. The summed E-state index contributed by atoms with van der Waals surface area (Å²) < 4.78 is 15.5. The zero-order valence-corrected chi connectivity index (χ0v) is 14.6. The molecule has 0 fully saturated rings. The van der Waals surface area contributed by atoms with E-state index in [1.165, 1.54) is 0 Å². The van der Waals surface area contributed by atoms with Crippen molar-refractivity contribution in [3.05, 3.63) is 45.3 Å². The first-order valence-electron chi connectivity index (χ1n) is 6.26. The Balaban J connectivity index is 2.35. The van der Waals surface area contributed by atoms with Crippen LogP contribution in [0.25, 0.3) is 11.1 Å². The summed E-state index contributed by atoms with van der Waals surface area (Å²) in [4.78, 5) is 0. The Kier molecular flexibility index (Phi) is 3.49. The van der Waals surface area contributed by atoms with E-state index in [0.29, 0.717) is 0 Å². The van der Waals surface area contributed by atoms with E-state index >= 15 is 0 Å². The molecule has 0 aromatic heterocycles. The summed E-state index contributed by atoms with van der Waals surface area (Å²) in [5.41, 5.74) is 2.25. The minimum atomic E-state index is -2.46.